The summed E-state index contributed by atoms with van der Waals surface area (Å²) < 4.78 is 41.0. The highest BCUT2D eigenvalue weighted by Gasteiger charge is 2.28. The van der Waals surface area contributed by atoms with Gasteiger partial charge in [0.15, 0.2) is 12.3 Å². The molecule has 0 aliphatic rings. The predicted octanol–water partition coefficient (Wildman–Crippen LogP) is 3.14. The molecule has 9 heteroatoms. The van der Waals surface area contributed by atoms with E-state index in [4.69, 9.17) is 0 Å². The number of benzene rings is 2. The number of halogens is 3. The summed E-state index contributed by atoms with van der Waals surface area (Å²) in [6.07, 6.45) is -3.03. The molecule has 0 unspecified atom stereocenters. The van der Waals surface area contributed by atoms with Crippen LogP contribution < -0.4 is 10.1 Å². The fraction of sp³-hybridized carbons (Fsp3) is 0.167. The van der Waals surface area contributed by atoms with E-state index in [1.54, 1.807) is 12.1 Å². The van der Waals surface area contributed by atoms with Crippen molar-refractivity contribution >= 4 is 5.91 Å². The smallest absolute Gasteiger partial charge is 0.422 e. The fourth-order valence-corrected chi connectivity index (χ4v) is 2.19. The molecule has 0 radical (unpaired) electrons. The van der Waals surface area contributed by atoms with Gasteiger partial charge in [-0.1, -0.05) is 30.3 Å². The number of rotatable bonds is 6. The first-order valence-electron chi connectivity index (χ1n) is 7.95. The Bertz CT molecular complexity index is 893. The van der Waals surface area contributed by atoms with E-state index in [0.29, 0.717) is 5.56 Å². The minimum atomic E-state index is -4.39. The second-order valence-electron chi connectivity index (χ2n) is 5.59. The fourth-order valence-electron chi connectivity index (χ4n) is 2.19. The van der Waals surface area contributed by atoms with Gasteiger partial charge in [0.2, 0.25) is 0 Å². The normalized spacial score (nSPS) is 11.2. The van der Waals surface area contributed by atoms with Crippen LogP contribution in [-0.4, -0.2) is 33.7 Å². The maximum atomic E-state index is 12.2. The molecule has 0 bridgehead atoms. The minimum absolute atomic E-state index is 0.105. The van der Waals surface area contributed by atoms with Crippen LogP contribution in [0.2, 0.25) is 0 Å². The highest BCUT2D eigenvalue weighted by atomic mass is 19.4. The number of nitrogens with zero attached hydrogens (tertiary/aromatic N) is 3. The number of nitrogens with one attached hydrogen (secondary N) is 1. The second-order valence-corrected chi connectivity index (χ2v) is 5.59. The van der Waals surface area contributed by atoms with E-state index >= 15 is 0 Å². The molecule has 0 saturated carbocycles. The molecule has 3 aromatic rings. The number of hydrogen-bond donors (Lipinski definition) is 1. The van der Waals surface area contributed by atoms with Crippen LogP contribution in [0.4, 0.5) is 13.2 Å². The van der Waals surface area contributed by atoms with Gasteiger partial charge in [-0.3, -0.25) is 4.79 Å². The Morgan fingerprint density at radius 1 is 1.07 bits per heavy atom. The van der Waals surface area contributed by atoms with Gasteiger partial charge in [0.1, 0.15) is 5.75 Å². The van der Waals surface area contributed by atoms with Crippen molar-refractivity contribution in [2.45, 2.75) is 12.7 Å². The van der Waals surface area contributed by atoms with E-state index in [0.717, 1.165) is 5.69 Å². The molecule has 1 amide bonds. The largest absolute Gasteiger partial charge is 0.484 e. The Hall–Kier alpha value is -3.36. The summed E-state index contributed by atoms with van der Waals surface area (Å²) in [6, 6.07) is 15.1. The van der Waals surface area contributed by atoms with E-state index in [1.165, 1.54) is 23.1 Å². The van der Waals surface area contributed by atoms with Crippen molar-refractivity contribution in [2.75, 3.05) is 6.61 Å². The second kappa shape index (κ2) is 7.90. The lowest BCUT2D eigenvalue weighted by Gasteiger charge is -2.09. The molecule has 6 nitrogen and oxygen atoms in total. The van der Waals surface area contributed by atoms with Crippen molar-refractivity contribution in [3.05, 3.63) is 72.1 Å². The quantitative estimate of drug-likeness (QED) is 0.718. The highest BCUT2D eigenvalue weighted by Crippen LogP contribution is 2.18. The first-order chi connectivity index (χ1) is 12.9. The molecule has 0 spiro atoms. The van der Waals surface area contributed by atoms with Gasteiger partial charge in [-0.05, 0) is 29.8 Å². The molecular formula is C18H15F3N4O2. The number of para-hydroxylation sites is 1. The Morgan fingerprint density at radius 3 is 2.44 bits per heavy atom. The highest BCUT2D eigenvalue weighted by molar-refractivity contribution is 5.91. The molecule has 1 aromatic heterocycles. The molecule has 0 aliphatic carbocycles. The molecule has 0 fully saturated rings. The van der Waals surface area contributed by atoms with Gasteiger partial charge in [0.25, 0.3) is 5.91 Å². The minimum Gasteiger partial charge on any atom is -0.484 e. The van der Waals surface area contributed by atoms with Crippen LogP contribution in [0.25, 0.3) is 5.69 Å². The number of aromatic nitrogens is 3. The van der Waals surface area contributed by atoms with Gasteiger partial charge >= 0.3 is 6.18 Å². The predicted molar refractivity (Wildman–Crippen MR) is 90.5 cm³/mol. The Labute approximate surface area is 152 Å². The summed E-state index contributed by atoms with van der Waals surface area (Å²) in [5.41, 5.74) is 1.59. The molecule has 0 saturated heterocycles. The lowest BCUT2D eigenvalue weighted by Crippen LogP contribution is -2.23. The van der Waals surface area contributed by atoms with E-state index in [2.05, 4.69) is 20.3 Å². The van der Waals surface area contributed by atoms with Crippen molar-refractivity contribution in [1.82, 2.24) is 20.3 Å². The third-order valence-electron chi connectivity index (χ3n) is 3.49. The number of ether oxygens (including phenoxy) is 1. The Balaban J connectivity index is 1.54. The number of carbonyl (C=O) groups is 1. The Kier molecular flexibility index (Phi) is 5.39. The van der Waals surface area contributed by atoms with E-state index in [9.17, 15) is 18.0 Å². The summed E-state index contributed by atoms with van der Waals surface area (Å²) in [7, 11) is 0. The SMILES string of the molecule is O=C(NCc1ccc(OCC(F)(F)F)cc1)c1cnn(-c2ccccc2)n1. The van der Waals surface area contributed by atoms with Gasteiger partial charge in [0.05, 0.1) is 11.9 Å². The van der Waals surface area contributed by atoms with Crippen molar-refractivity contribution in [3.63, 3.8) is 0 Å². The zero-order valence-electron chi connectivity index (χ0n) is 14.0. The molecule has 0 aliphatic heterocycles. The van der Waals surface area contributed by atoms with Crippen molar-refractivity contribution in [2.24, 2.45) is 0 Å². The lowest BCUT2D eigenvalue weighted by molar-refractivity contribution is -0.153. The molecule has 3 rings (SSSR count). The maximum Gasteiger partial charge on any atom is 0.422 e. The number of hydrogen-bond acceptors (Lipinski definition) is 4. The van der Waals surface area contributed by atoms with Crippen LogP contribution in [-0.2, 0) is 6.54 Å². The topological polar surface area (TPSA) is 69.0 Å². The van der Waals surface area contributed by atoms with E-state index < -0.39 is 18.7 Å². The molecule has 0 atom stereocenters. The van der Waals surface area contributed by atoms with Gasteiger partial charge in [-0.15, -0.1) is 5.10 Å². The molecule has 140 valence electrons. The average molecular weight is 376 g/mol. The van der Waals surface area contributed by atoms with Crippen LogP contribution >= 0.6 is 0 Å². The van der Waals surface area contributed by atoms with Crippen LogP contribution in [0.5, 0.6) is 5.75 Å². The summed E-state index contributed by atoms with van der Waals surface area (Å²) in [5, 5.41) is 10.9. The number of alkyl halides is 3. The third-order valence-corrected chi connectivity index (χ3v) is 3.49. The molecule has 2 aromatic carbocycles. The van der Waals surface area contributed by atoms with Gasteiger partial charge < -0.3 is 10.1 Å². The summed E-state index contributed by atoms with van der Waals surface area (Å²) in [5.74, 6) is -0.303. The zero-order valence-corrected chi connectivity index (χ0v) is 14.0. The van der Waals surface area contributed by atoms with Crippen LogP contribution in [0.3, 0.4) is 0 Å². The van der Waals surface area contributed by atoms with Gasteiger partial charge in [0, 0.05) is 6.54 Å². The molecule has 27 heavy (non-hydrogen) atoms. The summed E-state index contributed by atoms with van der Waals surface area (Å²) in [4.78, 5) is 13.5. The summed E-state index contributed by atoms with van der Waals surface area (Å²) in [6.45, 7) is -1.16. The van der Waals surface area contributed by atoms with Crippen molar-refractivity contribution in [3.8, 4) is 11.4 Å². The summed E-state index contributed by atoms with van der Waals surface area (Å²) >= 11 is 0. The maximum absolute atomic E-state index is 12.2. The number of amides is 1. The lowest BCUT2D eigenvalue weighted by atomic mass is 10.2. The first-order valence-corrected chi connectivity index (χ1v) is 7.95. The Morgan fingerprint density at radius 2 is 1.78 bits per heavy atom. The van der Waals surface area contributed by atoms with Gasteiger partial charge in [-0.25, -0.2) is 0 Å². The first kappa shape index (κ1) is 18.4. The van der Waals surface area contributed by atoms with Gasteiger partial charge in [-0.2, -0.15) is 23.1 Å². The van der Waals surface area contributed by atoms with E-state index in [1.807, 2.05) is 30.3 Å². The van der Waals surface area contributed by atoms with Crippen LogP contribution in [0.1, 0.15) is 16.1 Å². The molecule has 1 N–H and O–H groups in total. The monoisotopic (exact) mass is 376 g/mol. The number of carbonyl (C=O) groups excluding carboxylic acids is 1. The third kappa shape index (κ3) is 5.30. The standard InChI is InChI=1S/C18H15F3N4O2/c19-18(20,21)12-27-15-8-6-13(7-9-15)10-22-17(26)16-11-23-25(24-16)14-4-2-1-3-5-14/h1-9,11H,10,12H2,(H,22,26). The van der Waals surface area contributed by atoms with Crippen LogP contribution in [0.15, 0.2) is 60.8 Å². The molecule has 1 heterocycles. The van der Waals surface area contributed by atoms with E-state index in [-0.39, 0.29) is 18.0 Å². The van der Waals surface area contributed by atoms with Crippen LogP contribution in [0, 0.1) is 0 Å². The van der Waals surface area contributed by atoms with Crippen molar-refractivity contribution < 1.29 is 22.7 Å². The molecular weight excluding hydrogens is 361 g/mol. The average Bonchev–Trinajstić information content (AvgIpc) is 3.16. The zero-order chi connectivity index (χ0) is 19.3. The van der Waals surface area contributed by atoms with Crippen molar-refractivity contribution in [1.29, 1.82) is 0 Å².